The Morgan fingerprint density at radius 2 is 2.04 bits per heavy atom. The minimum atomic E-state index is -1.41. The summed E-state index contributed by atoms with van der Waals surface area (Å²) in [5.74, 6) is -0.971. The van der Waals surface area contributed by atoms with E-state index in [-0.39, 0.29) is 23.8 Å². The molecular formula is C15H23FN3O4+. The lowest BCUT2D eigenvalue weighted by Gasteiger charge is -2.14. The molecule has 1 rings (SSSR count). The van der Waals surface area contributed by atoms with Gasteiger partial charge in [-0.25, -0.2) is 9.18 Å². The second kappa shape index (κ2) is 8.82. The van der Waals surface area contributed by atoms with Crippen LogP contribution in [0.4, 0.5) is 4.39 Å². The summed E-state index contributed by atoms with van der Waals surface area (Å²) in [7, 11) is 4.70. The Morgan fingerprint density at radius 1 is 1.48 bits per heavy atom. The molecule has 1 N–H and O–H groups in total. The summed E-state index contributed by atoms with van der Waals surface area (Å²) in [6.07, 6.45) is 2.68. The number of nitrogens with zero attached hydrogens (tertiary/aromatic N) is 3. The third kappa shape index (κ3) is 7.89. The molecule has 0 fully saturated rings. The lowest BCUT2D eigenvalue weighted by atomic mass is 10.1. The topological polar surface area (TPSA) is 83.6 Å². The molecule has 0 aromatic carbocycles. The number of halogens is 1. The predicted octanol–water partition coefficient (Wildman–Crippen LogP) is 1.05. The van der Waals surface area contributed by atoms with Crippen LogP contribution in [0.3, 0.4) is 0 Å². The maximum absolute atomic E-state index is 12.6. The fourth-order valence-electron chi connectivity index (χ4n) is 1.13. The van der Waals surface area contributed by atoms with E-state index in [4.69, 9.17) is 5.11 Å². The third-order valence-corrected chi connectivity index (χ3v) is 2.72. The largest absolute Gasteiger partial charge is 0.498 e. The van der Waals surface area contributed by atoms with Crippen molar-refractivity contribution < 1.29 is 28.5 Å². The van der Waals surface area contributed by atoms with Crippen LogP contribution in [-0.2, 0) is 16.1 Å². The van der Waals surface area contributed by atoms with Crippen molar-refractivity contribution in [1.82, 2.24) is 10.00 Å². The van der Waals surface area contributed by atoms with Crippen molar-refractivity contribution in [3.8, 4) is 0 Å². The third-order valence-electron chi connectivity index (χ3n) is 2.72. The Balaban J connectivity index is 0.000000515. The van der Waals surface area contributed by atoms with Gasteiger partial charge in [0, 0.05) is 20.2 Å². The average Bonchev–Trinajstić information content (AvgIpc) is 2.46. The van der Waals surface area contributed by atoms with Gasteiger partial charge in [0.2, 0.25) is 0 Å². The van der Waals surface area contributed by atoms with Crippen LogP contribution in [0.15, 0.2) is 30.8 Å². The fraction of sp³-hybridized carbons (Fsp3) is 0.467. The Morgan fingerprint density at radius 3 is 2.30 bits per heavy atom. The molecule has 0 aliphatic rings. The number of carboxylic acids is 1. The van der Waals surface area contributed by atoms with Crippen molar-refractivity contribution in [3.63, 3.8) is 0 Å². The highest BCUT2D eigenvalue weighted by Crippen LogP contribution is 2.18. The van der Waals surface area contributed by atoms with Crippen molar-refractivity contribution in [2.75, 3.05) is 21.2 Å². The first-order valence-corrected chi connectivity index (χ1v) is 6.70. The molecule has 0 saturated heterocycles. The van der Waals surface area contributed by atoms with Crippen molar-refractivity contribution in [2.45, 2.75) is 26.1 Å². The number of rotatable bonds is 5. The maximum atomic E-state index is 12.6. The highest BCUT2D eigenvalue weighted by Gasteiger charge is 2.20. The number of methoxy groups -OCH3 is 1. The molecule has 8 heteroatoms. The first kappa shape index (κ1) is 20.5. The number of carbonyl (C=O) groups excluding carboxylic acids is 1. The van der Waals surface area contributed by atoms with Gasteiger partial charge in [-0.15, -0.1) is 0 Å². The number of amides is 1. The molecule has 0 atom stereocenters. The van der Waals surface area contributed by atoms with E-state index in [0.29, 0.717) is 0 Å². The molecular weight excluding hydrogens is 305 g/mol. The molecule has 0 bridgehead atoms. The summed E-state index contributed by atoms with van der Waals surface area (Å²) in [4.78, 5) is 23.2. The van der Waals surface area contributed by atoms with Crippen molar-refractivity contribution in [1.29, 1.82) is 0 Å². The molecule has 128 valence electrons. The monoisotopic (exact) mass is 328 g/mol. The number of ether oxygens (including phenoxy) is 1. The van der Waals surface area contributed by atoms with Gasteiger partial charge in [0.1, 0.15) is 12.0 Å². The minimum Gasteiger partial charge on any atom is -0.498 e. The first-order chi connectivity index (χ1) is 10.5. The Labute approximate surface area is 135 Å². The van der Waals surface area contributed by atoms with E-state index < -0.39 is 11.6 Å². The molecule has 0 saturated carbocycles. The van der Waals surface area contributed by atoms with E-state index in [1.165, 1.54) is 49.0 Å². The molecule has 1 amide bonds. The van der Waals surface area contributed by atoms with Crippen LogP contribution in [0.5, 0.6) is 0 Å². The van der Waals surface area contributed by atoms with Gasteiger partial charge in [-0.2, -0.15) is 0 Å². The van der Waals surface area contributed by atoms with E-state index in [9.17, 15) is 14.0 Å². The van der Waals surface area contributed by atoms with Crippen LogP contribution in [-0.4, -0.2) is 53.9 Å². The van der Waals surface area contributed by atoms with Crippen LogP contribution in [0.1, 0.15) is 24.2 Å². The quantitative estimate of drug-likeness (QED) is 0.645. The van der Waals surface area contributed by atoms with Crippen molar-refractivity contribution in [2.24, 2.45) is 0 Å². The van der Waals surface area contributed by atoms with Gasteiger partial charge in [0.05, 0.1) is 12.7 Å². The van der Waals surface area contributed by atoms with Crippen LogP contribution in [0, 0.1) is 0 Å². The summed E-state index contributed by atoms with van der Waals surface area (Å²) in [6, 6.07) is 1.40. The van der Waals surface area contributed by atoms with Gasteiger partial charge in [-0.3, -0.25) is 4.79 Å². The normalized spacial score (nSPS) is 10.2. The zero-order valence-corrected chi connectivity index (χ0v) is 14.0. The number of hydrogen-bond acceptors (Lipinski definition) is 4. The number of aromatic carboxylic acids is 1. The van der Waals surface area contributed by atoms with E-state index in [1.54, 1.807) is 14.1 Å². The number of carboxylic acid groups (broad SMARTS) is 1. The van der Waals surface area contributed by atoms with Gasteiger partial charge < -0.3 is 14.7 Å². The number of carbonyl (C=O) groups is 2. The van der Waals surface area contributed by atoms with Gasteiger partial charge in [-0.1, -0.05) is 11.3 Å². The van der Waals surface area contributed by atoms with Crippen molar-refractivity contribution >= 4 is 11.9 Å². The number of alkyl halides is 1. The number of hydrogen-bond donors (Lipinski definition) is 1. The summed E-state index contributed by atoms with van der Waals surface area (Å²) < 4.78 is 18.5. The molecule has 0 aliphatic carbocycles. The highest BCUT2D eigenvalue weighted by molar-refractivity contribution is 5.86. The Kier molecular flexibility index (Phi) is 7.86. The van der Waals surface area contributed by atoms with E-state index in [0.717, 1.165) is 0 Å². The van der Waals surface area contributed by atoms with Crippen molar-refractivity contribution in [3.05, 3.63) is 36.4 Å². The van der Waals surface area contributed by atoms with Gasteiger partial charge in [-0.05, 0) is 18.9 Å². The average molecular weight is 328 g/mol. The van der Waals surface area contributed by atoms with Gasteiger partial charge in [0.25, 0.3) is 12.5 Å². The minimum absolute atomic E-state index is 0.101. The van der Waals surface area contributed by atoms with Crippen LogP contribution in [0.2, 0.25) is 0 Å². The molecule has 1 aromatic heterocycles. The zero-order valence-electron chi connectivity index (χ0n) is 14.0. The Bertz CT molecular complexity index is 551. The SMILES string of the molecule is C=C(OC)C(C)(C)F.CN(C)C(=O)C[n+]1ccc(C(=O)O)cn1. The Hall–Kier alpha value is -2.51. The summed E-state index contributed by atoms with van der Waals surface area (Å²) in [5, 5.41) is 12.4. The molecule has 0 spiro atoms. The van der Waals surface area contributed by atoms with E-state index in [2.05, 4.69) is 16.4 Å². The van der Waals surface area contributed by atoms with E-state index in [1.807, 2.05) is 0 Å². The van der Waals surface area contributed by atoms with Crippen LogP contribution >= 0.6 is 0 Å². The van der Waals surface area contributed by atoms with Gasteiger partial charge >= 0.3 is 5.97 Å². The van der Waals surface area contributed by atoms with Crippen LogP contribution < -0.4 is 4.68 Å². The molecule has 7 nitrogen and oxygen atoms in total. The lowest BCUT2D eigenvalue weighted by Crippen LogP contribution is -2.45. The number of allylic oxidation sites excluding steroid dienone is 1. The zero-order chi connectivity index (χ0) is 18.2. The smallest absolute Gasteiger partial charge is 0.337 e. The lowest BCUT2D eigenvalue weighted by molar-refractivity contribution is -0.743. The summed E-state index contributed by atoms with van der Waals surface area (Å²) in [5.41, 5.74) is -1.31. The molecule has 0 radical (unpaired) electrons. The second-order valence-electron chi connectivity index (χ2n) is 5.31. The van der Waals surface area contributed by atoms with Crippen LogP contribution in [0.25, 0.3) is 0 Å². The van der Waals surface area contributed by atoms with E-state index >= 15 is 0 Å². The number of aromatic nitrogens is 2. The number of likely N-dealkylation sites (N-methyl/N-ethyl adjacent to an activating group) is 1. The first-order valence-electron chi connectivity index (χ1n) is 6.70. The molecule has 0 unspecified atom stereocenters. The molecule has 23 heavy (non-hydrogen) atoms. The second-order valence-corrected chi connectivity index (χ2v) is 5.31. The van der Waals surface area contributed by atoms with Gasteiger partial charge in [0.15, 0.2) is 11.9 Å². The molecule has 0 aliphatic heterocycles. The standard InChI is InChI=1S/C9H11N3O3.C6H11FO/c1-11(2)8(13)6-12-4-3-7(5-10-12)9(14)15;1-5(8-4)6(2,3)7/h3-5H,6H2,1-2H3;1H2,2-4H3/p+1. The molecule has 1 heterocycles. The summed E-state index contributed by atoms with van der Waals surface area (Å²) in [6.45, 7) is 6.25. The fourth-order valence-corrected chi connectivity index (χ4v) is 1.13. The highest BCUT2D eigenvalue weighted by atomic mass is 19.1. The predicted molar refractivity (Wildman–Crippen MR) is 81.4 cm³/mol. The molecule has 1 aromatic rings. The summed E-state index contributed by atoms with van der Waals surface area (Å²) >= 11 is 0. The maximum Gasteiger partial charge on any atom is 0.337 e.